The molecule has 3 rings (SSSR count). The molecule has 0 spiro atoms. The molecule has 1 fully saturated rings. The highest BCUT2D eigenvalue weighted by Crippen LogP contribution is 2.20. The first kappa shape index (κ1) is 20.9. The Balaban J connectivity index is 1.54. The highest BCUT2D eigenvalue weighted by Gasteiger charge is 2.21. The van der Waals surface area contributed by atoms with E-state index in [1.165, 1.54) is 0 Å². The molecular weight excluding hydrogens is 362 g/mol. The van der Waals surface area contributed by atoms with Crippen molar-refractivity contribution in [2.45, 2.75) is 39.2 Å². The summed E-state index contributed by atoms with van der Waals surface area (Å²) in [6, 6.07) is 17.4. The number of nitrogens with one attached hydrogen (secondary N) is 2. The monoisotopic (exact) mass is 393 g/mol. The SMILES string of the molecule is CCC(NC(=O)CNc1cccc(C(=O)N2CCC(C)CC2)c1)c1ccccc1. The number of nitrogens with zero attached hydrogens (tertiary/aromatic N) is 1. The van der Waals surface area contributed by atoms with Crippen molar-refractivity contribution < 1.29 is 9.59 Å². The number of rotatable bonds is 7. The van der Waals surface area contributed by atoms with Crippen LogP contribution in [0.4, 0.5) is 5.69 Å². The number of carbonyl (C=O) groups excluding carboxylic acids is 2. The molecule has 0 bridgehead atoms. The van der Waals surface area contributed by atoms with E-state index in [-0.39, 0.29) is 24.4 Å². The van der Waals surface area contributed by atoms with Gasteiger partial charge in [-0.3, -0.25) is 9.59 Å². The molecule has 29 heavy (non-hydrogen) atoms. The maximum atomic E-state index is 12.8. The number of likely N-dealkylation sites (tertiary alicyclic amines) is 1. The summed E-state index contributed by atoms with van der Waals surface area (Å²) in [5, 5.41) is 6.22. The van der Waals surface area contributed by atoms with Gasteiger partial charge in [0.15, 0.2) is 0 Å². The van der Waals surface area contributed by atoms with E-state index in [0.717, 1.165) is 43.6 Å². The number of piperidine rings is 1. The number of amides is 2. The second-order valence-electron chi connectivity index (χ2n) is 7.85. The van der Waals surface area contributed by atoms with Crippen LogP contribution in [0.15, 0.2) is 54.6 Å². The van der Waals surface area contributed by atoms with E-state index in [9.17, 15) is 9.59 Å². The average Bonchev–Trinajstić information content (AvgIpc) is 2.77. The molecule has 2 N–H and O–H groups in total. The third-order valence-corrected chi connectivity index (χ3v) is 5.58. The largest absolute Gasteiger partial charge is 0.376 e. The van der Waals surface area contributed by atoms with Crippen molar-refractivity contribution in [2.24, 2.45) is 5.92 Å². The molecule has 1 unspecified atom stereocenters. The van der Waals surface area contributed by atoms with Crippen LogP contribution in [0.1, 0.15) is 55.1 Å². The molecule has 0 radical (unpaired) electrons. The zero-order valence-electron chi connectivity index (χ0n) is 17.4. The summed E-state index contributed by atoms with van der Waals surface area (Å²) in [5.74, 6) is 0.691. The summed E-state index contributed by atoms with van der Waals surface area (Å²) < 4.78 is 0. The van der Waals surface area contributed by atoms with Crippen LogP contribution in [-0.4, -0.2) is 36.3 Å². The van der Waals surface area contributed by atoms with E-state index in [1.807, 2.05) is 59.5 Å². The van der Waals surface area contributed by atoms with Gasteiger partial charge in [0, 0.05) is 24.3 Å². The summed E-state index contributed by atoms with van der Waals surface area (Å²) in [7, 11) is 0. The molecule has 2 amide bonds. The Morgan fingerprint density at radius 2 is 1.79 bits per heavy atom. The molecule has 2 aromatic rings. The molecule has 1 atom stereocenters. The Morgan fingerprint density at radius 1 is 1.07 bits per heavy atom. The Bertz CT molecular complexity index is 814. The van der Waals surface area contributed by atoms with Crippen LogP contribution >= 0.6 is 0 Å². The van der Waals surface area contributed by atoms with Crippen LogP contribution in [0.25, 0.3) is 0 Å². The van der Waals surface area contributed by atoms with Gasteiger partial charge in [-0.2, -0.15) is 0 Å². The van der Waals surface area contributed by atoms with Gasteiger partial charge in [-0.1, -0.05) is 50.2 Å². The van der Waals surface area contributed by atoms with Crippen LogP contribution in [0.5, 0.6) is 0 Å². The summed E-state index contributed by atoms with van der Waals surface area (Å²) in [5.41, 5.74) is 2.55. The van der Waals surface area contributed by atoms with E-state index < -0.39 is 0 Å². The average molecular weight is 394 g/mol. The van der Waals surface area contributed by atoms with Gasteiger partial charge >= 0.3 is 0 Å². The minimum absolute atomic E-state index is 0.0000877. The quantitative estimate of drug-likeness (QED) is 0.740. The van der Waals surface area contributed by atoms with Crippen molar-refractivity contribution in [1.29, 1.82) is 0 Å². The third-order valence-electron chi connectivity index (χ3n) is 5.58. The molecule has 2 aromatic carbocycles. The van der Waals surface area contributed by atoms with Crippen molar-refractivity contribution in [3.63, 3.8) is 0 Å². The predicted molar refractivity (Wildman–Crippen MR) is 117 cm³/mol. The van der Waals surface area contributed by atoms with E-state index in [2.05, 4.69) is 24.5 Å². The topological polar surface area (TPSA) is 61.4 Å². The van der Waals surface area contributed by atoms with Crippen molar-refractivity contribution in [2.75, 3.05) is 25.0 Å². The van der Waals surface area contributed by atoms with E-state index in [1.54, 1.807) is 0 Å². The van der Waals surface area contributed by atoms with Gasteiger partial charge in [-0.15, -0.1) is 0 Å². The van der Waals surface area contributed by atoms with Gasteiger partial charge in [0.2, 0.25) is 5.91 Å². The van der Waals surface area contributed by atoms with Crippen LogP contribution < -0.4 is 10.6 Å². The molecule has 0 aliphatic carbocycles. The number of hydrogen-bond acceptors (Lipinski definition) is 3. The molecule has 1 aliphatic heterocycles. The maximum Gasteiger partial charge on any atom is 0.253 e. The molecule has 154 valence electrons. The highest BCUT2D eigenvalue weighted by atomic mass is 16.2. The van der Waals surface area contributed by atoms with Gasteiger partial charge in [-0.25, -0.2) is 0 Å². The molecule has 1 saturated heterocycles. The van der Waals surface area contributed by atoms with Crippen molar-refractivity contribution >= 4 is 17.5 Å². The normalized spacial score (nSPS) is 15.6. The molecular formula is C24H31N3O2. The van der Waals surface area contributed by atoms with Crippen molar-refractivity contribution in [3.8, 4) is 0 Å². The van der Waals surface area contributed by atoms with Crippen LogP contribution in [-0.2, 0) is 4.79 Å². The lowest BCUT2D eigenvalue weighted by Gasteiger charge is -2.30. The second-order valence-corrected chi connectivity index (χ2v) is 7.85. The first-order valence-corrected chi connectivity index (χ1v) is 10.5. The first-order valence-electron chi connectivity index (χ1n) is 10.5. The summed E-state index contributed by atoms with van der Waals surface area (Å²) in [6.07, 6.45) is 2.95. The fourth-order valence-corrected chi connectivity index (χ4v) is 3.69. The zero-order valence-corrected chi connectivity index (χ0v) is 17.4. The Morgan fingerprint density at radius 3 is 2.48 bits per heavy atom. The third kappa shape index (κ3) is 5.83. The maximum absolute atomic E-state index is 12.8. The zero-order chi connectivity index (χ0) is 20.6. The number of hydrogen-bond donors (Lipinski definition) is 2. The number of benzene rings is 2. The van der Waals surface area contributed by atoms with Crippen LogP contribution in [0.2, 0.25) is 0 Å². The van der Waals surface area contributed by atoms with Gasteiger partial charge < -0.3 is 15.5 Å². The van der Waals surface area contributed by atoms with E-state index >= 15 is 0 Å². The number of carbonyl (C=O) groups is 2. The van der Waals surface area contributed by atoms with Crippen LogP contribution in [0, 0.1) is 5.92 Å². The Labute approximate surface area is 173 Å². The Kier molecular flexibility index (Phi) is 7.28. The van der Waals surface area contributed by atoms with Gasteiger partial charge in [0.25, 0.3) is 5.91 Å². The van der Waals surface area contributed by atoms with Gasteiger partial charge in [-0.05, 0) is 48.9 Å². The fraction of sp³-hybridized carbons (Fsp3) is 0.417. The number of anilines is 1. The molecule has 0 saturated carbocycles. The summed E-state index contributed by atoms with van der Waals surface area (Å²) in [6.45, 7) is 6.10. The standard InChI is InChI=1S/C24H31N3O2/c1-3-22(19-8-5-4-6-9-19)26-23(28)17-25-21-11-7-10-20(16-21)24(29)27-14-12-18(2)13-15-27/h4-11,16,18,22,25H,3,12-15,17H2,1-2H3,(H,26,28). The summed E-state index contributed by atoms with van der Waals surface area (Å²) in [4.78, 5) is 27.1. The first-order chi connectivity index (χ1) is 14.1. The van der Waals surface area contributed by atoms with E-state index in [0.29, 0.717) is 11.5 Å². The lowest BCUT2D eigenvalue weighted by atomic mass is 9.98. The lowest BCUT2D eigenvalue weighted by molar-refractivity contribution is -0.120. The predicted octanol–water partition coefficient (Wildman–Crippen LogP) is 4.24. The lowest BCUT2D eigenvalue weighted by Crippen LogP contribution is -2.37. The summed E-state index contributed by atoms with van der Waals surface area (Å²) >= 11 is 0. The molecule has 5 heteroatoms. The molecule has 1 heterocycles. The smallest absolute Gasteiger partial charge is 0.253 e. The second kappa shape index (κ2) is 10.1. The van der Waals surface area contributed by atoms with E-state index in [4.69, 9.17) is 0 Å². The Hall–Kier alpha value is -2.82. The minimum atomic E-state index is -0.0672. The molecule has 1 aliphatic rings. The fourth-order valence-electron chi connectivity index (χ4n) is 3.69. The highest BCUT2D eigenvalue weighted by molar-refractivity contribution is 5.95. The minimum Gasteiger partial charge on any atom is -0.376 e. The van der Waals surface area contributed by atoms with Gasteiger partial charge in [0.05, 0.1) is 12.6 Å². The molecule has 5 nitrogen and oxygen atoms in total. The molecule has 0 aromatic heterocycles. The van der Waals surface area contributed by atoms with Crippen LogP contribution in [0.3, 0.4) is 0 Å². The van der Waals surface area contributed by atoms with Crippen molar-refractivity contribution in [3.05, 3.63) is 65.7 Å². The van der Waals surface area contributed by atoms with Gasteiger partial charge in [0.1, 0.15) is 0 Å². The van der Waals surface area contributed by atoms with Crippen molar-refractivity contribution in [1.82, 2.24) is 10.2 Å².